The minimum Gasteiger partial charge on any atom is -0.491 e. The second kappa shape index (κ2) is 35.6. The number of carbonyl (C=O) groups excluding carboxylic acids is 8. The number of allylic oxidation sites excluding steroid dienone is 6. The van der Waals surface area contributed by atoms with Crippen LogP contribution in [0.25, 0.3) is 16.5 Å². The first-order chi connectivity index (χ1) is 41.4. The van der Waals surface area contributed by atoms with Gasteiger partial charge in [0.15, 0.2) is 5.78 Å². The van der Waals surface area contributed by atoms with Crippen molar-refractivity contribution in [2.45, 2.75) is 185 Å². The van der Waals surface area contributed by atoms with Crippen LogP contribution in [0.15, 0.2) is 76.9 Å². The number of hydrogen-bond donors (Lipinski definition) is 5. The number of pyridine rings is 1. The Morgan fingerprint density at radius 1 is 0.756 bits per heavy atom. The lowest BCUT2D eigenvalue weighted by molar-refractivity contribution is -0.140. The van der Waals surface area contributed by atoms with Crippen LogP contribution in [0.2, 0.25) is 0 Å². The first-order valence-corrected chi connectivity index (χ1v) is 32.0. The molecular formula is C69H99N7O10. The molecule has 0 spiro atoms. The molecule has 1 aliphatic heterocycles. The zero-order chi connectivity index (χ0) is 62.9. The van der Waals surface area contributed by atoms with Gasteiger partial charge in [-0.1, -0.05) is 142 Å². The molecular weight excluding hydrogens is 1090 g/mol. The summed E-state index contributed by atoms with van der Waals surface area (Å²) in [7, 11) is 0. The number of aryl methyl sites for hydroxylation is 1. The van der Waals surface area contributed by atoms with Crippen LogP contribution in [0, 0.1) is 29.6 Å². The third-order valence-electron chi connectivity index (χ3n) is 17.1. The normalized spacial score (nSPS) is 19.3. The summed E-state index contributed by atoms with van der Waals surface area (Å²) >= 11 is 0. The van der Waals surface area contributed by atoms with Crippen LogP contribution in [-0.4, -0.2) is 109 Å². The molecule has 1 saturated heterocycles. The van der Waals surface area contributed by atoms with E-state index in [1.807, 2.05) is 52.0 Å². The summed E-state index contributed by atoms with van der Waals surface area (Å²) in [6.45, 7) is 22.5. The van der Waals surface area contributed by atoms with E-state index in [1.165, 1.54) is 52.9 Å². The molecule has 1 aromatic heterocycles. The molecule has 2 heterocycles. The topological polar surface area (TPSA) is 231 Å². The average Bonchev–Trinajstić information content (AvgIpc) is 1.09. The Balaban J connectivity index is 0.00000262. The number of ketones is 1. The molecule has 2 fully saturated rings. The SMILES string of the molecule is CC.CCC.CCc1c2c(nc3ccc(OCCOCNC(=O)CNC(=O)C(Cc4ccccc4)NC(=O)CNC(=O)CNC(=O)CCCCCN4C(=O)CC(C(CC)CC)C4=O)cc13)/C(C)=C/C1=C(CCC(=C3CCC3)C1C)C(=O)C(C)C(C)C2. The number of fused-ring (bicyclic) bond motifs is 2. The molecule has 470 valence electrons. The quantitative estimate of drug-likeness (QED) is 0.0220. The number of benzene rings is 2. The number of nitrogens with zero attached hydrogens (tertiary/aromatic N) is 2. The Labute approximate surface area is 511 Å². The van der Waals surface area contributed by atoms with Gasteiger partial charge in [0.1, 0.15) is 25.1 Å². The summed E-state index contributed by atoms with van der Waals surface area (Å²) in [6, 6.07) is 13.9. The third-order valence-corrected chi connectivity index (χ3v) is 17.1. The first-order valence-electron chi connectivity index (χ1n) is 32.0. The van der Waals surface area contributed by atoms with Crippen LogP contribution in [-0.2, 0) is 62.4 Å². The largest absolute Gasteiger partial charge is 0.491 e. The van der Waals surface area contributed by atoms with Crippen molar-refractivity contribution in [1.82, 2.24) is 36.5 Å². The summed E-state index contributed by atoms with van der Waals surface area (Å²) in [5, 5.41) is 13.9. The number of amides is 7. The first kappa shape index (κ1) is 69.8. The van der Waals surface area contributed by atoms with Crippen LogP contribution >= 0.6 is 0 Å². The van der Waals surface area contributed by atoms with Gasteiger partial charge in [-0.25, -0.2) is 4.98 Å². The molecule has 7 amide bonds. The summed E-state index contributed by atoms with van der Waals surface area (Å²) in [6.07, 6.45) is 14.4. The van der Waals surface area contributed by atoms with Gasteiger partial charge in [-0.3, -0.25) is 43.3 Å². The lowest BCUT2D eigenvalue weighted by Gasteiger charge is -2.34. The van der Waals surface area contributed by atoms with Gasteiger partial charge in [-0.15, -0.1) is 0 Å². The number of likely N-dealkylation sites (tertiary alicyclic amines) is 1. The number of unbranched alkanes of at least 4 members (excludes halogenated alkanes) is 2. The second-order valence-electron chi connectivity index (χ2n) is 23.1. The lowest BCUT2D eigenvalue weighted by atomic mass is 9.70. The standard InChI is InChI=1S/C64H85N7O10.C3H8.C2H6/c1-8-44(9-2)51-34-60(76)71(64(51)79)27-16-12-15-22-56(72)65-35-57(73)66-37-59(75)69-55(32-43-18-13-11-14-19-43)63(78)67-36-58(74)68-38-80-28-29-81-46-23-26-54-52(33-46)47(10-3)53-30-39(4)41(6)62(77)49-25-24-48(45-20-17-21-45)42(7)50(49)31-40(5)61(53)70-54;1-3-2;1-2/h11,13-14,18-19,23,26,31,33,39,41-42,44,51,55H,8-10,12,15-17,20-22,24-25,27-30,32,34-38H2,1-7H3,(H,65,72)(H,66,73)(H,67,78)(H,68,74)(H,69,75);3H2,1-2H3;1-2H3/b40-31+;;. The molecule has 2 aromatic carbocycles. The van der Waals surface area contributed by atoms with E-state index in [0.717, 1.165) is 71.8 Å². The van der Waals surface area contributed by atoms with Crippen molar-refractivity contribution in [3.63, 3.8) is 0 Å². The summed E-state index contributed by atoms with van der Waals surface area (Å²) < 4.78 is 11.8. The molecule has 5 N–H and O–H groups in total. The van der Waals surface area contributed by atoms with Crippen molar-refractivity contribution in [3.8, 4) is 5.75 Å². The zero-order valence-electron chi connectivity index (χ0n) is 53.4. The van der Waals surface area contributed by atoms with Crippen molar-refractivity contribution in [2.24, 2.45) is 29.6 Å². The van der Waals surface area contributed by atoms with Crippen LogP contribution < -0.4 is 31.3 Å². The van der Waals surface area contributed by atoms with Crippen LogP contribution in [0.5, 0.6) is 5.75 Å². The van der Waals surface area contributed by atoms with Gasteiger partial charge in [0.25, 0.3) is 0 Å². The van der Waals surface area contributed by atoms with Crippen molar-refractivity contribution < 1.29 is 47.8 Å². The van der Waals surface area contributed by atoms with Crippen LogP contribution in [0.3, 0.4) is 0 Å². The fourth-order valence-corrected chi connectivity index (χ4v) is 11.9. The highest BCUT2D eigenvalue weighted by Crippen LogP contribution is 2.45. The Hall–Kier alpha value is -7.01. The second-order valence-corrected chi connectivity index (χ2v) is 23.1. The van der Waals surface area contributed by atoms with Crippen LogP contribution in [0.1, 0.15) is 182 Å². The van der Waals surface area contributed by atoms with Crippen molar-refractivity contribution in [1.29, 1.82) is 0 Å². The maximum Gasteiger partial charge on any atom is 0.243 e. The highest BCUT2D eigenvalue weighted by Gasteiger charge is 2.41. The van der Waals surface area contributed by atoms with E-state index in [1.54, 1.807) is 29.8 Å². The number of aromatic nitrogens is 1. The molecule has 7 rings (SSSR count). The number of nitrogens with one attached hydrogen (secondary N) is 5. The van der Waals surface area contributed by atoms with Gasteiger partial charge in [0.2, 0.25) is 41.4 Å². The molecule has 4 aliphatic rings. The predicted octanol–water partition coefficient (Wildman–Crippen LogP) is 10.2. The van der Waals surface area contributed by atoms with Crippen molar-refractivity contribution >= 4 is 63.6 Å². The molecule has 17 heteroatoms. The number of imide groups is 1. The van der Waals surface area contributed by atoms with E-state index in [2.05, 4.69) is 81.1 Å². The zero-order valence-corrected chi connectivity index (χ0v) is 53.4. The van der Waals surface area contributed by atoms with Crippen molar-refractivity contribution in [2.75, 3.05) is 46.1 Å². The maximum atomic E-state index is 14.2. The van der Waals surface area contributed by atoms with Gasteiger partial charge in [0.05, 0.1) is 43.4 Å². The van der Waals surface area contributed by atoms with Crippen molar-refractivity contribution in [3.05, 3.63) is 99.3 Å². The number of carbonyl (C=O) groups is 8. The number of ether oxygens (including phenoxy) is 2. The third kappa shape index (κ3) is 19.5. The number of rotatable bonds is 26. The van der Waals surface area contributed by atoms with E-state index >= 15 is 0 Å². The van der Waals surface area contributed by atoms with E-state index in [-0.39, 0.29) is 105 Å². The maximum absolute atomic E-state index is 14.2. The lowest BCUT2D eigenvalue weighted by Crippen LogP contribution is -2.52. The molecule has 5 atom stereocenters. The molecule has 17 nitrogen and oxygen atoms in total. The Bertz CT molecular complexity index is 2920. The Morgan fingerprint density at radius 2 is 1.43 bits per heavy atom. The van der Waals surface area contributed by atoms with Gasteiger partial charge in [-0.05, 0) is 128 Å². The molecule has 5 unspecified atom stereocenters. The van der Waals surface area contributed by atoms with E-state index in [4.69, 9.17) is 14.5 Å². The smallest absolute Gasteiger partial charge is 0.243 e. The van der Waals surface area contributed by atoms with Gasteiger partial charge in [0, 0.05) is 43.0 Å². The molecule has 3 aliphatic carbocycles. The van der Waals surface area contributed by atoms with E-state index < -0.39 is 36.2 Å². The predicted molar refractivity (Wildman–Crippen MR) is 338 cm³/mol. The Morgan fingerprint density at radius 3 is 2.10 bits per heavy atom. The van der Waals surface area contributed by atoms with E-state index in [9.17, 15) is 38.4 Å². The van der Waals surface area contributed by atoms with Gasteiger partial charge >= 0.3 is 0 Å². The molecule has 86 heavy (non-hydrogen) atoms. The minimum atomic E-state index is -1.08. The average molecular weight is 1190 g/mol. The molecule has 0 radical (unpaired) electrons. The molecule has 3 aromatic rings. The fourth-order valence-electron chi connectivity index (χ4n) is 11.9. The molecule has 0 bridgehead atoms. The molecule has 1 saturated carbocycles. The Kier molecular flexibility index (Phi) is 28.9. The van der Waals surface area contributed by atoms with Gasteiger partial charge < -0.3 is 36.1 Å². The number of Topliss-reactive ketones (excluding diaryl/α,β-unsaturated/α-hetero) is 1. The highest BCUT2D eigenvalue weighted by molar-refractivity contribution is 6.04. The fraction of sp³-hybridized carbons (Fsp3) is 0.580. The monoisotopic (exact) mass is 1190 g/mol. The number of hydrogen-bond acceptors (Lipinski definition) is 11. The van der Waals surface area contributed by atoms with Crippen LogP contribution in [0.4, 0.5) is 0 Å². The summed E-state index contributed by atoms with van der Waals surface area (Å²) in [5.74, 6) is -1.87. The van der Waals surface area contributed by atoms with Gasteiger partial charge in [-0.2, -0.15) is 0 Å². The summed E-state index contributed by atoms with van der Waals surface area (Å²) in [4.78, 5) is 110. The van der Waals surface area contributed by atoms with E-state index in [0.29, 0.717) is 31.6 Å². The highest BCUT2D eigenvalue weighted by atomic mass is 16.5. The summed E-state index contributed by atoms with van der Waals surface area (Å²) in [5.41, 5.74) is 11.4. The minimum absolute atomic E-state index is 0.0973.